The van der Waals surface area contributed by atoms with E-state index in [4.69, 9.17) is 10.00 Å². The van der Waals surface area contributed by atoms with Crippen molar-refractivity contribution in [2.45, 2.75) is 45.4 Å². The molecule has 4 heteroatoms. The summed E-state index contributed by atoms with van der Waals surface area (Å²) in [5, 5.41) is 8.79. The zero-order chi connectivity index (χ0) is 18.6. The van der Waals surface area contributed by atoms with Gasteiger partial charge < -0.3 is 4.74 Å². The van der Waals surface area contributed by atoms with Gasteiger partial charge in [0.15, 0.2) is 0 Å². The minimum absolute atomic E-state index is 0.185. The molecule has 0 saturated carbocycles. The first-order valence-electron chi connectivity index (χ1n) is 9.06. The van der Waals surface area contributed by atoms with Gasteiger partial charge >= 0.3 is 5.97 Å². The summed E-state index contributed by atoms with van der Waals surface area (Å²) in [5.74, 6) is 0.358. The van der Waals surface area contributed by atoms with Crippen molar-refractivity contribution in [3.05, 3.63) is 59.7 Å². The van der Waals surface area contributed by atoms with Crippen LogP contribution in [-0.4, -0.2) is 12.2 Å². The molecule has 0 atom stereocenters. The van der Waals surface area contributed by atoms with Crippen molar-refractivity contribution in [3.63, 3.8) is 0 Å². The lowest BCUT2D eigenvalue weighted by Gasteiger charge is -2.04. The molecule has 2 aromatic rings. The molecule has 134 valence electrons. The van der Waals surface area contributed by atoms with Gasteiger partial charge in [-0.1, -0.05) is 44.7 Å². The van der Waals surface area contributed by atoms with Crippen LogP contribution in [0.1, 0.15) is 56.6 Å². The summed E-state index contributed by atoms with van der Waals surface area (Å²) in [6, 6.07) is 16.4. The molecule has 0 unspecified atom stereocenters. The number of hydrogen-bond acceptors (Lipinski definition) is 4. The first-order chi connectivity index (χ1) is 12.7. The molecule has 0 aliphatic rings. The lowest BCUT2D eigenvalue weighted by Crippen LogP contribution is -2.07. The lowest BCUT2D eigenvalue weighted by molar-refractivity contribution is -0.134. The van der Waals surface area contributed by atoms with Crippen molar-refractivity contribution in [1.82, 2.24) is 0 Å². The zero-order valence-corrected chi connectivity index (χ0v) is 15.1. The van der Waals surface area contributed by atoms with Gasteiger partial charge in [-0.3, -0.25) is 9.79 Å². The van der Waals surface area contributed by atoms with Gasteiger partial charge in [0.2, 0.25) is 0 Å². The highest BCUT2D eigenvalue weighted by atomic mass is 16.5. The molecule has 0 saturated heterocycles. The molecule has 0 fully saturated rings. The van der Waals surface area contributed by atoms with E-state index in [1.807, 2.05) is 24.3 Å². The van der Waals surface area contributed by atoms with Gasteiger partial charge in [0, 0.05) is 12.6 Å². The van der Waals surface area contributed by atoms with E-state index in [2.05, 4.69) is 18.0 Å². The number of nitrogens with zero attached hydrogens (tertiary/aromatic N) is 2. The van der Waals surface area contributed by atoms with Gasteiger partial charge in [-0.2, -0.15) is 5.26 Å². The molecule has 0 N–H and O–H groups in total. The Hall–Kier alpha value is -2.93. The van der Waals surface area contributed by atoms with E-state index in [1.54, 1.807) is 30.5 Å². The summed E-state index contributed by atoms with van der Waals surface area (Å²) >= 11 is 0. The van der Waals surface area contributed by atoms with Gasteiger partial charge in [0.05, 0.1) is 17.3 Å². The zero-order valence-electron chi connectivity index (χ0n) is 15.1. The van der Waals surface area contributed by atoms with E-state index >= 15 is 0 Å². The van der Waals surface area contributed by atoms with Crippen molar-refractivity contribution in [2.24, 2.45) is 4.99 Å². The van der Waals surface area contributed by atoms with Crippen LogP contribution in [0.5, 0.6) is 5.75 Å². The van der Waals surface area contributed by atoms with Gasteiger partial charge in [-0.15, -0.1) is 0 Å². The smallest absolute Gasteiger partial charge is 0.311 e. The molecule has 2 aromatic carbocycles. The van der Waals surface area contributed by atoms with Crippen LogP contribution in [0.4, 0.5) is 5.69 Å². The third-order valence-corrected chi connectivity index (χ3v) is 3.96. The maximum absolute atomic E-state index is 11.8. The maximum Gasteiger partial charge on any atom is 0.311 e. The maximum atomic E-state index is 11.8. The number of hydrogen-bond donors (Lipinski definition) is 0. The van der Waals surface area contributed by atoms with Crippen LogP contribution in [0.3, 0.4) is 0 Å². The first-order valence-corrected chi connectivity index (χ1v) is 9.06. The van der Waals surface area contributed by atoms with Crippen LogP contribution in [0.25, 0.3) is 0 Å². The minimum Gasteiger partial charge on any atom is -0.427 e. The Labute approximate surface area is 155 Å². The van der Waals surface area contributed by atoms with Crippen molar-refractivity contribution < 1.29 is 9.53 Å². The van der Waals surface area contributed by atoms with Gasteiger partial charge in [-0.05, 0) is 48.4 Å². The van der Waals surface area contributed by atoms with Crippen LogP contribution < -0.4 is 4.74 Å². The third kappa shape index (κ3) is 6.90. The molecule has 26 heavy (non-hydrogen) atoms. The predicted octanol–water partition coefficient (Wildman–Crippen LogP) is 5.57. The Morgan fingerprint density at radius 2 is 1.73 bits per heavy atom. The Morgan fingerprint density at radius 1 is 1.04 bits per heavy atom. The predicted molar refractivity (Wildman–Crippen MR) is 104 cm³/mol. The molecule has 0 bridgehead atoms. The van der Waals surface area contributed by atoms with E-state index in [0.29, 0.717) is 17.7 Å². The fourth-order valence-electron chi connectivity index (χ4n) is 2.45. The number of rotatable bonds is 9. The summed E-state index contributed by atoms with van der Waals surface area (Å²) in [6.07, 6.45) is 7.75. The summed E-state index contributed by atoms with van der Waals surface area (Å²) in [7, 11) is 0. The summed E-state index contributed by atoms with van der Waals surface area (Å²) in [6.45, 7) is 2.17. The quantitative estimate of drug-likeness (QED) is 0.257. The standard InChI is InChI=1S/C22H24N2O2/c1-2-3-4-5-6-7-22(25)26-21-14-12-20(13-15-21)24-17-19-10-8-18(16-23)9-11-19/h8-15,17H,2-7H2,1H3. The molecule has 2 rings (SSSR count). The first kappa shape index (κ1) is 19.4. The highest BCUT2D eigenvalue weighted by molar-refractivity contribution is 5.82. The monoisotopic (exact) mass is 348 g/mol. The molecule has 0 aliphatic carbocycles. The second-order valence-electron chi connectivity index (χ2n) is 6.12. The lowest BCUT2D eigenvalue weighted by atomic mass is 10.1. The largest absolute Gasteiger partial charge is 0.427 e. The molecule has 0 aliphatic heterocycles. The number of aliphatic imine (C=N–C) groups is 1. The average molecular weight is 348 g/mol. The Bertz CT molecular complexity index is 756. The molecular weight excluding hydrogens is 324 g/mol. The fourth-order valence-corrected chi connectivity index (χ4v) is 2.45. The molecule has 0 radical (unpaired) electrons. The molecule has 0 amide bonds. The number of esters is 1. The van der Waals surface area contributed by atoms with Crippen LogP contribution >= 0.6 is 0 Å². The minimum atomic E-state index is -0.185. The topological polar surface area (TPSA) is 62.4 Å². The molecule has 0 heterocycles. The summed E-state index contributed by atoms with van der Waals surface area (Å²) in [5.41, 5.74) is 2.31. The summed E-state index contributed by atoms with van der Waals surface area (Å²) < 4.78 is 5.34. The van der Waals surface area contributed by atoms with Crippen molar-refractivity contribution >= 4 is 17.9 Å². The second kappa shape index (κ2) is 10.8. The van der Waals surface area contributed by atoms with Crippen LogP contribution in [0.15, 0.2) is 53.5 Å². The van der Waals surface area contributed by atoms with Crippen molar-refractivity contribution in [2.75, 3.05) is 0 Å². The summed E-state index contributed by atoms with van der Waals surface area (Å²) in [4.78, 5) is 16.2. The number of unbranched alkanes of at least 4 members (excludes halogenated alkanes) is 4. The Kier molecular flexibility index (Phi) is 8.08. The Morgan fingerprint density at radius 3 is 2.38 bits per heavy atom. The van der Waals surface area contributed by atoms with Gasteiger partial charge in [0.1, 0.15) is 5.75 Å². The average Bonchev–Trinajstić information content (AvgIpc) is 2.67. The molecule has 0 aromatic heterocycles. The third-order valence-electron chi connectivity index (χ3n) is 3.96. The van der Waals surface area contributed by atoms with E-state index in [1.165, 1.54) is 19.3 Å². The van der Waals surface area contributed by atoms with Gasteiger partial charge in [0.25, 0.3) is 0 Å². The fraction of sp³-hybridized carbons (Fsp3) is 0.318. The van der Waals surface area contributed by atoms with E-state index in [0.717, 1.165) is 24.1 Å². The van der Waals surface area contributed by atoms with Crippen molar-refractivity contribution in [3.8, 4) is 11.8 Å². The van der Waals surface area contributed by atoms with E-state index in [9.17, 15) is 4.79 Å². The van der Waals surface area contributed by atoms with E-state index in [-0.39, 0.29) is 5.97 Å². The number of carbonyl (C=O) groups excluding carboxylic acids is 1. The van der Waals surface area contributed by atoms with E-state index < -0.39 is 0 Å². The van der Waals surface area contributed by atoms with Crippen LogP contribution in [0.2, 0.25) is 0 Å². The molecule has 4 nitrogen and oxygen atoms in total. The highest BCUT2D eigenvalue weighted by Crippen LogP contribution is 2.19. The number of carbonyl (C=O) groups is 1. The van der Waals surface area contributed by atoms with Crippen LogP contribution in [-0.2, 0) is 4.79 Å². The second-order valence-corrected chi connectivity index (χ2v) is 6.12. The normalized spacial score (nSPS) is 10.6. The SMILES string of the molecule is CCCCCCCC(=O)Oc1ccc(N=Cc2ccc(C#N)cc2)cc1. The van der Waals surface area contributed by atoms with Gasteiger partial charge in [-0.25, -0.2) is 0 Å². The number of ether oxygens (including phenoxy) is 1. The van der Waals surface area contributed by atoms with Crippen LogP contribution in [0, 0.1) is 11.3 Å². The number of benzene rings is 2. The molecule has 0 spiro atoms. The highest BCUT2D eigenvalue weighted by Gasteiger charge is 2.04. The Balaban J connectivity index is 1.80. The number of nitriles is 1. The molecular formula is C22H24N2O2. The van der Waals surface area contributed by atoms with Crippen molar-refractivity contribution in [1.29, 1.82) is 5.26 Å².